The van der Waals surface area contributed by atoms with Gasteiger partial charge in [0.1, 0.15) is 23.0 Å². The van der Waals surface area contributed by atoms with Crippen LogP contribution in [-0.2, 0) is 9.59 Å². The van der Waals surface area contributed by atoms with Crippen LogP contribution >= 0.6 is 0 Å². The molecular formula is C38H50N4O8. The summed E-state index contributed by atoms with van der Waals surface area (Å²) in [5, 5.41) is 11.0. The van der Waals surface area contributed by atoms with E-state index < -0.39 is 11.8 Å². The van der Waals surface area contributed by atoms with Crippen LogP contribution in [0.3, 0.4) is 0 Å². The fourth-order valence-corrected chi connectivity index (χ4v) is 4.66. The number of rotatable bonds is 24. The van der Waals surface area contributed by atoms with Crippen molar-refractivity contribution >= 4 is 47.4 Å². The summed E-state index contributed by atoms with van der Waals surface area (Å²) in [5.41, 5.74) is 1.82. The molecule has 3 rings (SSSR count). The van der Waals surface area contributed by atoms with Gasteiger partial charge in [0, 0.05) is 17.4 Å². The molecule has 0 spiro atoms. The summed E-state index contributed by atoms with van der Waals surface area (Å²) >= 11 is 0. The second-order valence-corrected chi connectivity index (χ2v) is 11.5. The van der Waals surface area contributed by atoms with Crippen molar-refractivity contribution in [2.45, 2.75) is 79.1 Å². The number of unbranched alkanes of at least 4 members (excludes halogenated alkanes) is 4. The zero-order valence-corrected chi connectivity index (χ0v) is 29.5. The first-order valence-electron chi connectivity index (χ1n) is 17.4. The van der Waals surface area contributed by atoms with Crippen LogP contribution in [-0.4, -0.2) is 51.1 Å². The minimum atomic E-state index is -0.512. The molecule has 270 valence electrons. The van der Waals surface area contributed by atoms with Crippen LogP contribution in [0.1, 0.15) is 99.8 Å². The van der Waals surface area contributed by atoms with Crippen molar-refractivity contribution < 1.29 is 38.1 Å². The van der Waals surface area contributed by atoms with Gasteiger partial charge in [0.2, 0.25) is 12.8 Å². The summed E-state index contributed by atoms with van der Waals surface area (Å²) < 4.78 is 24.1. The van der Waals surface area contributed by atoms with E-state index in [-0.39, 0.29) is 22.5 Å². The summed E-state index contributed by atoms with van der Waals surface area (Å²) in [6.45, 7) is 9.77. The number of hydrogen-bond donors (Lipinski definition) is 4. The maximum atomic E-state index is 13.9. The number of anilines is 4. The molecule has 0 heterocycles. The van der Waals surface area contributed by atoms with Gasteiger partial charge in [-0.15, -0.1) is 0 Å². The smallest absolute Gasteiger partial charge is 0.259 e. The fourth-order valence-electron chi connectivity index (χ4n) is 4.66. The molecule has 0 saturated carbocycles. The van der Waals surface area contributed by atoms with Gasteiger partial charge >= 0.3 is 0 Å². The lowest BCUT2D eigenvalue weighted by Gasteiger charge is -2.20. The number of ether oxygens (including phenoxy) is 4. The normalized spacial score (nSPS) is 10.5. The van der Waals surface area contributed by atoms with Gasteiger partial charge in [-0.25, -0.2) is 0 Å². The van der Waals surface area contributed by atoms with Gasteiger partial charge < -0.3 is 40.2 Å². The molecule has 0 unspecified atom stereocenters. The first-order chi connectivity index (χ1) is 24.4. The number of carbonyl (C=O) groups excluding carboxylic acids is 4. The van der Waals surface area contributed by atoms with Crippen molar-refractivity contribution in [3.63, 3.8) is 0 Å². The highest BCUT2D eigenvalue weighted by atomic mass is 16.5. The van der Waals surface area contributed by atoms with Gasteiger partial charge in [-0.1, -0.05) is 53.4 Å². The minimum absolute atomic E-state index is 0.203. The van der Waals surface area contributed by atoms with Crippen LogP contribution in [0.25, 0.3) is 0 Å². The van der Waals surface area contributed by atoms with Crippen molar-refractivity contribution in [1.82, 2.24) is 0 Å². The molecule has 0 aliphatic rings. The van der Waals surface area contributed by atoms with Gasteiger partial charge in [0.15, 0.2) is 0 Å². The highest BCUT2D eigenvalue weighted by Crippen LogP contribution is 2.39. The lowest BCUT2D eigenvalue weighted by atomic mass is 10.1. The standard InChI is InChI=1S/C38H50N4O8/c1-5-9-17-47-33-15-13-27(39-25-43)21-29(33)37(45)41-31-23-32(36(50-20-12-8-4)24-35(31)49-19-11-7-3)42-38(46)30-22-28(40-26-44)14-16-34(30)48-18-10-6-2/h13-16,21-26H,5-12,17-20H2,1-4H3,(H,39,43)(H,40,44)(H,41,45)(H,42,46). The van der Waals surface area contributed by atoms with Crippen molar-refractivity contribution in [1.29, 1.82) is 0 Å². The summed E-state index contributed by atoms with van der Waals surface area (Å²) in [6, 6.07) is 12.9. The Bertz CT molecular complexity index is 1450. The number of hydrogen-bond acceptors (Lipinski definition) is 8. The highest BCUT2D eigenvalue weighted by Gasteiger charge is 2.22. The first-order valence-corrected chi connectivity index (χ1v) is 17.4. The Balaban J connectivity index is 2.08. The Kier molecular flexibility index (Phi) is 17.0. The number of nitrogens with one attached hydrogen (secondary N) is 4. The maximum absolute atomic E-state index is 13.9. The lowest BCUT2D eigenvalue weighted by molar-refractivity contribution is -0.106. The van der Waals surface area contributed by atoms with Crippen molar-refractivity contribution in [3.05, 3.63) is 59.7 Å². The molecule has 12 heteroatoms. The Morgan fingerprint density at radius 1 is 0.520 bits per heavy atom. The molecule has 4 N–H and O–H groups in total. The van der Waals surface area contributed by atoms with Crippen LogP contribution in [0.2, 0.25) is 0 Å². The second kappa shape index (κ2) is 21.7. The van der Waals surface area contributed by atoms with Crippen LogP contribution in [0.4, 0.5) is 22.7 Å². The van der Waals surface area contributed by atoms with Crippen LogP contribution in [0.15, 0.2) is 48.5 Å². The molecule has 0 atom stereocenters. The molecule has 3 aromatic rings. The molecule has 0 bridgehead atoms. The second-order valence-electron chi connectivity index (χ2n) is 11.5. The molecule has 0 fully saturated rings. The first kappa shape index (κ1) is 39.2. The Hall–Kier alpha value is -5.26. The summed E-state index contributed by atoms with van der Waals surface area (Å²) in [6.07, 6.45) is 7.83. The van der Waals surface area contributed by atoms with Crippen LogP contribution in [0, 0.1) is 0 Å². The number of carbonyl (C=O) groups is 4. The molecule has 3 aromatic carbocycles. The summed E-state index contributed by atoms with van der Waals surface area (Å²) in [7, 11) is 0. The maximum Gasteiger partial charge on any atom is 0.259 e. The van der Waals surface area contributed by atoms with E-state index >= 15 is 0 Å². The van der Waals surface area contributed by atoms with Gasteiger partial charge in [-0.2, -0.15) is 0 Å². The average molecular weight is 691 g/mol. The van der Waals surface area contributed by atoms with Crippen molar-refractivity contribution in [3.8, 4) is 23.0 Å². The summed E-state index contributed by atoms with van der Waals surface area (Å²) in [4.78, 5) is 50.1. The molecule has 0 aliphatic heterocycles. The zero-order chi connectivity index (χ0) is 36.1. The van der Waals surface area contributed by atoms with E-state index in [1.807, 2.05) is 27.7 Å². The van der Waals surface area contributed by atoms with E-state index in [1.165, 1.54) is 12.1 Å². The predicted molar refractivity (Wildman–Crippen MR) is 196 cm³/mol. The van der Waals surface area contributed by atoms with Crippen molar-refractivity contribution in [2.24, 2.45) is 0 Å². The molecule has 12 nitrogen and oxygen atoms in total. The lowest BCUT2D eigenvalue weighted by Crippen LogP contribution is -2.18. The monoisotopic (exact) mass is 690 g/mol. The molecule has 0 saturated heterocycles. The molecular weight excluding hydrogens is 640 g/mol. The van der Waals surface area contributed by atoms with E-state index in [2.05, 4.69) is 21.3 Å². The largest absolute Gasteiger partial charge is 0.493 e. The molecule has 0 radical (unpaired) electrons. The third-order valence-corrected chi connectivity index (χ3v) is 7.50. The van der Waals surface area contributed by atoms with Crippen LogP contribution in [0.5, 0.6) is 23.0 Å². The minimum Gasteiger partial charge on any atom is -0.493 e. The Morgan fingerprint density at radius 2 is 0.880 bits per heavy atom. The van der Waals surface area contributed by atoms with Crippen LogP contribution < -0.4 is 40.2 Å². The predicted octanol–water partition coefficient (Wildman–Crippen LogP) is 8.04. The Morgan fingerprint density at radius 3 is 1.22 bits per heavy atom. The van der Waals surface area contributed by atoms with E-state index in [0.29, 0.717) is 73.6 Å². The quantitative estimate of drug-likeness (QED) is 0.0544. The van der Waals surface area contributed by atoms with Crippen molar-refractivity contribution in [2.75, 3.05) is 47.7 Å². The average Bonchev–Trinajstić information content (AvgIpc) is 3.11. The van der Waals surface area contributed by atoms with Gasteiger partial charge in [-0.3, -0.25) is 19.2 Å². The molecule has 50 heavy (non-hydrogen) atoms. The highest BCUT2D eigenvalue weighted by molar-refractivity contribution is 6.10. The number of amides is 4. The molecule has 0 aromatic heterocycles. The molecule has 0 aliphatic carbocycles. The van der Waals surface area contributed by atoms with E-state index in [0.717, 1.165) is 51.4 Å². The Labute approximate surface area is 294 Å². The zero-order valence-electron chi connectivity index (χ0n) is 29.5. The van der Waals surface area contributed by atoms with E-state index in [4.69, 9.17) is 18.9 Å². The third-order valence-electron chi connectivity index (χ3n) is 7.50. The van der Waals surface area contributed by atoms with E-state index in [1.54, 1.807) is 36.4 Å². The molecule has 4 amide bonds. The van der Waals surface area contributed by atoms with Gasteiger partial charge in [-0.05, 0) is 68.1 Å². The van der Waals surface area contributed by atoms with Gasteiger partial charge in [0.25, 0.3) is 11.8 Å². The third kappa shape index (κ3) is 12.0. The SMILES string of the molecule is CCCCOc1cc(OCCCC)c(NC(=O)c2cc(NC=O)ccc2OCCCC)cc1NC(=O)c1cc(NC=O)ccc1OCCCC. The number of benzene rings is 3. The fraction of sp³-hybridized carbons (Fsp3) is 0.421. The van der Waals surface area contributed by atoms with E-state index in [9.17, 15) is 19.2 Å². The summed E-state index contributed by atoms with van der Waals surface area (Å²) in [5.74, 6) is 0.395. The topological polar surface area (TPSA) is 153 Å². The van der Waals surface area contributed by atoms with Gasteiger partial charge in [0.05, 0.1) is 48.9 Å².